The molecule has 1 saturated heterocycles. The van der Waals surface area contributed by atoms with Crippen LogP contribution in [0.15, 0.2) is 5.18 Å². The van der Waals surface area contributed by atoms with Crippen molar-refractivity contribution < 1.29 is 4.74 Å². The van der Waals surface area contributed by atoms with E-state index in [4.69, 9.17) is 10.00 Å². The smallest absolute Gasteiger partial charge is 0.241 e. The highest BCUT2D eigenvalue weighted by atomic mass is 16.5. The molecule has 1 aliphatic rings. The summed E-state index contributed by atoms with van der Waals surface area (Å²) in [4.78, 5) is 10.0. The maximum atomic E-state index is 10.0. The van der Waals surface area contributed by atoms with Gasteiger partial charge >= 0.3 is 0 Å². The summed E-state index contributed by atoms with van der Waals surface area (Å²) in [5.41, 5.74) is 2.67. The van der Waals surface area contributed by atoms with Crippen molar-refractivity contribution >= 4 is 0 Å². The number of nitrogens with zero attached hydrogens (tertiary/aromatic N) is 3. The molecule has 6 heteroatoms. The van der Waals surface area contributed by atoms with Gasteiger partial charge < -0.3 is 4.74 Å². The number of hydrogen-bond donors (Lipinski definition) is 1. The Morgan fingerprint density at radius 3 is 2.75 bits per heavy atom. The Balaban J connectivity index is 2.28. The van der Waals surface area contributed by atoms with Gasteiger partial charge in [-0.1, -0.05) is 0 Å². The lowest BCUT2D eigenvalue weighted by atomic mass is 10.5. The Kier molecular flexibility index (Phi) is 3.60. The standard InChI is InChI=1S/C6H10N4O2/c7-5-6(9-11)8-10-1-3-12-4-2-10/h6,8H,1-4H2. The number of nitrogens with one attached hydrogen (secondary N) is 1. The molecular formula is C6H10N4O2. The first-order chi connectivity index (χ1) is 5.86. The third-order valence-electron chi connectivity index (χ3n) is 1.54. The minimum Gasteiger partial charge on any atom is -0.379 e. The Morgan fingerprint density at radius 1 is 1.58 bits per heavy atom. The van der Waals surface area contributed by atoms with Gasteiger partial charge in [0.05, 0.1) is 13.2 Å². The summed E-state index contributed by atoms with van der Waals surface area (Å²) in [6.45, 7) is 2.58. The van der Waals surface area contributed by atoms with Crippen molar-refractivity contribution in [3.63, 3.8) is 0 Å². The SMILES string of the molecule is N#CC(N=O)NN1CCOCC1. The number of nitroso groups, excluding NO2 is 1. The van der Waals surface area contributed by atoms with Crippen LogP contribution in [0.25, 0.3) is 0 Å². The van der Waals surface area contributed by atoms with E-state index < -0.39 is 6.17 Å². The van der Waals surface area contributed by atoms with Crippen LogP contribution in [0.4, 0.5) is 0 Å². The predicted molar refractivity (Wildman–Crippen MR) is 40.7 cm³/mol. The Hall–Kier alpha value is -1.03. The molecule has 0 aromatic rings. The molecule has 1 unspecified atom stereocenters. The second-order valence-corrected chi connectivity index (χ2v) is 2.37. The molecule has 1 N–H and O–H groups in total. The molecule has 6 nitrogen and oxygen atoms in total. The van der Waals surface area contributed by atoms with E-state index in [9.17, 15) is 4.91 Å². The van der Waals surface area contributed by atoms with Crippen LogP contribution in [0.1, 0.15) is 0 Å². The second-order valence-electron chi connectivity index (χ2n) is 2.37. The third-order valence-corrected chi connectivity index (χ3v) is 1.54. The molecule has 0 radical (unpaired) electrons. The zero-order chi connectivity index (χ0) is 8.81. The molecule has 0 spiro atoms. The summed E-state index contributed by atoms with van der Waals surface area (Å²) in [7, 11) is 0. The zero-order valence-electron chi connectivity index (χ0n) is 6.56. The summed E-state index contributed by atoms with van der Waals surface area (Å²) >= 11 is 0. The third kappa shape index (κ3) is 2.54. The highest BCUT2D eigenvalue weighted by Gasteiger charge is 2.14. The van der Waals surface area contributed by atoms with Crippen molar-refractivity contribution in [2.75, 3.05) is 26.3 Å². The van der Waals surface area contributed by atoms with Crippen LogP contribution in [-0.2, 0) is 4.74 Å². The van der Waals surface area contributed by atoms with Gasteiger partial charge in [-0.05, 0) is 5.18 Å². The molecule has 0 aromatic carbocycles. The average molecular weight is 170 g/mol. The molecule has 0 aliphatic carbocycles. The molecular weight excluding hydrogens is 160 g/mol. The van der Waals surface area contributed by atoms with Gasteiger partial charge in [-0.25, -0.2) is 10.4 Å². The second kappa shape index (κ2) is 4.77. The molecule has 0 bridgehead atoms. The van der Waals surface area contributed by atoms with Crippen molar-refractivity contribution in [3.8, 4) is 6.07 Å². The van der Waals surface area contributed by atoms with Crippen molar-refractivity contribution in [3.05, 3.63) is 4.91 Å². The molecule has 0 aromatic heterocycles. The maximum absolute atomic E-state index is 10.0. The Morgan fingerprint density at radius 2 is 2.25 bits per heavy atom. The fourth-order valence-corrected chi connectivity index (χ4v) is 0.941. The first-order valence-corrected chi connectivity index (χ1v) is 3.68. The van der Waals surface area contributed by atoms with Crippen LogP contribution >= 0.6 is 0 Å². The van der Waals surface area contributed by atoms with E-state index in [1.807, 2.05) is 0 Å². The normalized spacial score (nSPS) is 21.2. The highest BCUT2D eigenvalue weighted by Crippen LogP contribution is 1.94. The lowest BCUT2D eigenvalue weighted by Crippen LogP contribution is -2.49. The van der Waals surface area contributed by atoms with E-state index >= 15 is 0 Å². The largest absolute Gasteiger partial charge is 0.379 e. The summed E-state index contributed by atoms with van der Waals surface area (Å²) < 4.78 is 5.08. The highest BCUT2D eigenvalue weighted by molar-refractivity contribution is 4.86. The molecule has 66 valence electrons. The molecule has 1 aliphatic heterocycles. The van der Waals surface area contributed by atoms with Gasteiger partial charge in [0, 0.05) is 13.1 Å². The number of hydrazine groups is 1. The van der Waals surface area contributed by atoms with E-state index in [0.29, 0.717) is 26.3 Å². The van der Waals surface area contributed by atoms with Crippen LogP contribution in [0.5, 0.6) is 0 Å². The maximum Gasteiger partial charge on any atom is 0.241 e. The van der Waals surface area contributed by atoms with Crippen LogP contribution in [-0.4, -0.2) is 37.5 Å². The first kappa shape index (κ1) is 9.06. The summed E-state index contributed by atoms with van der Waals surface area (Å²) in [5.74, 6) is 0. The van der Waals surface area contributed by atoms with Crippen molar-refractivity contribution in [2.45, 2.75) is 6.17 Å². The van der Waals surface area contributed by atoms with E-state index in [2.05, 4.69) is 10.6 Å². The zero-order valence-corrected chi connectivity index (χ0v) is 6.56. The molecule has 1 rings (SSSR count). The quantitative estimate of drug-likeness (QED) is 0.574. The van der Waals surface area contributed by atoms with E-state index in [-0.39, 0.29) is 0 Å². The van der Waals surface area contributed by atoms with Gasteiger partial charge in [-0.3, -0.25) is 0 Å². The van der Waals surface area contributed by atoms with E-state index in [1.165, 1.54) is 0 Å². The van der Waals surface area contributed by atoms with Crippen molar-refractivity contribution in [2.24, 2.45) is 5.18 Å². The lowest BCUT2D eigenvalue weighted by molar-refractivity contribution is 0.00819. The molecule has 1 fully saturated rings. The summed E-state index contributed by atoms with van der Waals surface area (Å²) in [6, 6.07) is 1.73. The monoisotopic (exact) mass is 170 g/mol. The fraction of sp³-hybridized carbons (Fsp3) is 0.833. The minimum atomic E-state index is -0.983. The topological polar surface area (TPSA) is 77.7 Å². The first-order valence-electron chi connectivity index (χ1n) is 3.68. The van der Waals surface area contributed by atoms with Gasteiger partial charge in [0.1, 0.15) is 6.07 Å². The van der Waals surface area contributed by atoms with Crippen molar-refractivity contribution in [1.82, 2.24) is 10.4 Å². The minimum absolute atomic E-state index is 0.615. The number of hydrogen-bond acceptors (Lipinski definition) is 6. The summed E-state index contributed by atoms with van der Waals surface area (Å²) in [6.07, 6.45) is -0.983. The number of ether oxygens (including phenoxy) is 1. The van der Waals surface area contributed by atoms with Crippen molar-refractivity contribution in [1.29, 1.82) is 5.26 Å². The summed E-state index contributed by atoms with van der Waals surface area (Å²) in [5, 5.41) is 12.8. The van der Waals surface area contributed by atoms with Crippen LogP contribution in [0.3, 0.4) is 0 Å². The van der Waals surface area contributed by atoms with Crippen LogP contribution < -0.4 is 5.43 Å². The van der Waals surface area contributed by atoms with Crippen LogP contribution in [0, 0.1) is 16.2 Å². The van der Waals surface area contributed by atoms with Gasteiger partial charge in [0.2, 0.25) is 6.17 Å². The van der Waals surface area contributed by atoms with Crippen LogP contribution in [0.2, 0.25) is 0 Å². The molecule has 0 saturated carbocycles. The lowest BCUT2D eigenvalue weighted by Gasteiger charge is -2.27. The van der Waals surface area contributed by atoms with Gasteiger partial charge in [-0.2, -0.15) is 5.26 Å². The molecule has 0 amide bonds. The fourth-order valence-electron chi connectivity index (χ4n) is 0.941. The number of nitriles is 1. The molecule has 1 atom stereocenters. The Labute approximate surface area is 70.0 Å². The molecule has 12 heavy (non-hydrogen) atoms. The van der Waals surface area contributed by atoms with E-state index in [0.717, 1.165) is 0 Å². The van der Waals surface area contributed by atoms with Gasteiger partial charge in [0.25, 0.3) is 0 Å². The number of morpholine rings is 1. The predicted octanol–water partition coefficient (Wildman–Crippen LogP) is -0.561. The van der Waals surface area contributed by atoms with Gasteiger partial charge in [-0.15, -0.1) is 4.91 Å². The Bertz CT molecular complexity index is 184. The molecule has 1 heterocycles. The van der Waals surface area contributed by atoms with E-state index in [1.54, 1.807) is 11.1 Å². The van der Waals surface area contributed by atoms with Gasteiger partial charge in [0.15, 0.2) is 0 Å². The average Bonchev–Trinajstić information content (AvgIpc) is 2.16. The number of rotatable bonds is 3.